The van der Waals surface area contributed by atoms with Crippen LogP contribution in [0.15, 0.2) is 54.6 Å². The number of carbonyl (C=O) groups is 1. The molecule has 0 saturated heterocycles. The van der Waals surface area contributed by atoms with E-state index < -0.39 is 11.4 Å². The normalized spacial score (nSPS) is 37.9. The molecule has 3 aliphatic carbocycles. The van der Waals surface area contributed by atoms with Crippen molar-refractivity contribution < 1.29 is 9.90 Å². The average Bonchev–Trinajstić information content (AvgIpc) is 2.97. The van der Waals surface area contributed by atoms with E-state index >= 15 is 0 Å². The minimum absolute atomic E-state index is 0.156. The van der Waals surface area contributed by atoms with Crippen molar-refractivity contribution in [3.05, 3.63) is 71.3 Å². The monoisotopic (exact) mass is 276 g/mol. The van der Waals surface area contributed by atoms with E-state index in [1.165, 1.54) is 16.7 Å². The number of carboxylic acid groups (broad SMARTS) is 1. The fourth-order valence-corrected chi connectivity index (χ4v) is 5.47. The second-order valence-corrected chi connectivity index (χ2v) is 6.68. The maximum atomic E-state index is 12.1. The first kappa shape index (κ1) is 11.6. The van der Waals surface area contributed by atoms with Crippen LogP contribution in [0.3, 0.4) is 0 Å². The molecule has 2 nitrogen and oxygen atoms in total. The van der Waals surface area contributed by atoms with Crippen molar-refractivity contribution in [3.63, 3.8) is 0 Å². The molecule has 5 atom stereocenters. The zero-order valence-electron chi connectivity index (χ0n) is 11.6. The van der Waals surface area contributed by atoms with Crippen molar-refractivity contribution in [1.29, 1.82) is 0 Å². The summed E-state index contributed by atoms with van der Waals surface area (Å²) in [5.74, 6) is 0.548. The molecule has 2 heteroatoms. The van der Waals surface area contributed by atoms with E-state index in [0.717, 1.165) is 6.42 Å². The van der Waals surface area contributed by atoms with Gasteiger partial charge in [0, 0.05) is 11.8 Å². The number of fused-ring (bicyclic) bond motifs is 4. The summed E-state index contributed by atoms with van der Waals surface area (Å²) in [6.45, 7) is 0. The quantitative estimate of drug-likeness (QED) is 0.907. The van der Waals surface area contributed by atoms with E-state index in [0.29, 0.717) is 11.8 Å². The Bertz CT molecular complexity index is 751. The summed E-state index contributed by atoms with van der Waals surface area (Å²) in [6.07, 6.45) is 0.981. The Morgan fingerprint density at radius 1 is 1.00 bits per heavy atom. The lowest BCUT2D eigenvalue weighted by molar-refractivity contribution is -0.144. The highest BCUT2D eigenvalue weighted by Gasteiger charge is 2.82. The van der Waals surface area contributed by atoms with Crippen LogP contribution in [0, 0.1) is 11.3 Å². The number of hydrogen-bond donors (Lipinski definition) is 1. The largest absolute Gasteiger partial charge is 0.481 e. The van der Waals surface area contributed by atoms with Crippen LogP contribution in [-0.4, -0.2) is 11.1 Å². The minimum Gasteiger partial charge on any atom is -0.481 e. The van der Waals surface area contributed by atoms with Crippen molar-refractivity contribution in [2.24, 2.45) is 11.3 Å². The first-order valence-corrected chi connectivity index (χ1v) is 7.63. The highest BCUT2D eigenvalue weighted by atomic mass is 16.4. The molecule has 3 aliphatic rings. The molecule has 5 unspecified atom stereocenters. The lowest BCUT2D eigenvalue weighted by Gasteiger charge is -2.21. The molecule has 0 heterocycles. The zero-order valence-corrected chi connectivity index (χ0v) is 11.6. The third-order valence-corrected chi connectivity index (χ3v) is 6.12. The molecule has 5 rings (SSSR count). The molecule has 2 fully saturated rings. The fourth-order valence-electron chi connectivity index (χ4n) is 5.47. The highest BCUT2D eigenvalue weighted by molar-refractivity contribution is 5.86. The van der Waals surface area contributed by atoms with Crippen LogP contribution in [0.5, 0.6) is 0 Å². The van der Waals surface area contributed by atoms with E-state index in [-0.39, 0.29) is 11.8 Å². The summed E-state index contributed by atoms with van der Waals surface area (Å²) in [7, 11) is 0. The summed E-state index contributed by atoms with van der Waals surface area (Å²) in [5.41, 5.74) is 3.36. The molecule has 21 heavy (non-hydrogen) atoms. The molecular formula is C19H16O2. The maximum absolute atomic E-state index is 12.1. The van der Waals surface area contributed by atoms with Gasteiger partial charge in [0.2, 0.25) is 0 Å². The molecule has 104 valence electrons. The van der Waals surface area contributed by atoms with Gasteiger partial charge in [-0.3, -0.25) is 4.79 Å². The Balaban J connectivity index is 1.69. The van der Waals surface area contributed by atoms with Crippen LogP contribution < -0.4 is 0 Å². The third kappa shape index (κ3) is 1.15. The van der Waals surface area contributed by atoms with Crippen molar-refractivity contribution >= 4 is 5.97 Å². The van der Waals surface area contributed by atoms with E-state index in [1.54, 1.807) is 0 Å². The molecular weight excluding hydrogens is 260 g/mol. The van der Waals surface area contributed by atoms with E-state index in [1.807, 2.05) is 24.3 Å². The van der Waals surface area contributed by atoms with Gasteiger partial charge in [-0.2, -0.15) is 0 Å². The van der Waals surface area contributed by atoms with Gasteiger partial charge in [-0.1, -0.05) is 54.6 Å². The Morgan fingerprint density at radius 2 is 1.67 bits per heavy atom. The van der Waals surface area contributed by atoms with Crippen molar-refractivity contribution in [1.82, 2.24) is 0 Å². The number of rotatable bonds is 2. The Labute approximate surface area is 123 Å². The van der Waals surface area contributed by atoms with Crippen LogP contribution in [0.25, 0.3) is 0 Å². The molecule has 0 radical (unpaired) electrons. The Morgan fingerprint density at radius 3 is 2.38 bits per heavy atom. The van der Waals surface area contributed by atoms with Crippen LogP contribution in [0.4, 0.5) is 0 Å². The first-order chi connectivity index (χ1) is 10.3. The smallest absolute Gasteiger partial charge is 0.311 e. The molecule has 0 aliphatic heterocycles. The predicted octanol–water partition coefficient (Wildman–Crippen LogP) is 3.76. The lowest BCUT2D eigenvalue weighted by Crippen LogP contribution is -2.24. The van der Waals surface area contributed by atoms with Gasteiger partial charge >= 0.3 is 5.97 Å². The molecule has 2 saturated carbocycles. The number of carboxylic acids is 1. The zero-order chi connectivity index (χ0) is 14.2. The summed E-state index contributed by atoms with van der Waals surface area (Å²) < 4.78 is 0. The topological polar surface area (TPSA) is 37.3 Å². The predicted molar refractivity (Wildman–Crippen MR) is 79.3 cm³/mol. The summed E-state index contributed by atoms with van der Waals surface area (Å²) >= 11 is 0. The average molecular weight is 276 g/mol. The first-order valence-electron chi connectivity index (χ1n) is 7.63. The van der Waals surface area contributed by atoms with Gasteiger partial charge in [-0.25, -0.2) is 0 Å². The number of hydrogen-bond acceptors (Lipinski definition) is 1. The van der Waals surface area contributed by atoms with E-state index in [2.05, 4.69) is 30.3 Å². The molecule has 0 spiro atoms. The van der Waals surface area contributed by atoms with Crippen molar-refractivity contribution in [2.45, 2.75) is 24.2 Å². The summed E-state index contributed by atoms with van der Waals surface area (Å²) in [5, 5.41) is 9.99. The van der Waals surface area contributed by atoms with Gasteiger partial charge in [-0.05, 0) is 34.9 Å². The molecule has 2 aromatic carbocycles. The Hall–Kier alpha value is -2.09. The minimum atomic E-state index is -0.594. The van der Waals surface area contributed by atoms with Gasteiger partial charge in [0.05, 0.1) is 5.41 Å². The molecule has 1 N–H and O–H groups in total. The highest BCUT2D eigenvalue weighted by Crippen LogP contribution is 2.85. The molecule has 2 aromatic rings. The lowest BCUT2D eigenvalue weighted by atomic mass is 9.81. The van der Waals surface area contributed by atoms with Crippen LogP contribution in [-0.2, 0) is 4.79 Å². The molecule has 0 amide bonds. The fraction of sp³-hybridized carbons (Fsp3) is 0.316. The van der Waals surface area contributed by atoms with Crippen LogP contribution in [0.1, 0.15) is 40.9 Å². The van der Waals surface area contributed by atoms with Crippen molar-refractivity contribution in [2.75, 3.05) is 0 Å². The number of benzene rings is 2. The van der Waals surface area contributed by atoms with Gasteiger partial charge in [0.25, 0.3) is 0 Å². The van der Waals surface area contributed by atoms with Crippen LogP contribution >= 0.6 is 0 Å². The second kappa shape index (κ2) is 3.56. The molecule has 0 bridgehead atoms. The summed E-state index contributed by atoms with van der Waals surface area (Å²) in [4.78, 5) is 12.1. The Kier molecular flexibility index (Phi) is 1.96. The van der Waals surface area contributed by atoms with Gasteiger partial charge in [-0.15, -0.1) is 0 Å². The van der Waals surface area contributed by atoms with Gasteiger partial charge < -0.3 is 5.11 Å². The molecule has 0 aromatic heterocycles. The second-order valence-electron chi connectivity index (χ2n) is 6.68. The van der Waals surface area contributed by atoms with Gasteiger partial charge in [0.15, 0.2) is 0 Å². The van der Waals surface area contributed by atoms with Gasteiger partial charge in [0.1, 0.15) is 0 Å². The van der Waals surface area contributed by atoms with Crippen molar-refractivity contribution in [3.8, 4) is 0 Å². The SMILES string of the molecule is O=C(O)C12C(c3ccccc3)CC3c4ccccc4C1C32. The van der Waals surface area contributed by atoms with E-state index in [9.17, 15) is 9.90 Å². The number of aliphatic carboxylic acids is 1. The van der Waals surface area contributed by atoms with Crippen LogP contribution in [0.2, 0.25) is 0 Å². The van der Waals surface area contributed by atoms with E-state index in [4.69, 9.17) is 0 Å². The summed E-state index contributed by atoms with van der Waals surface area (Å²) in [6, 6.07) is 18.7. The maximum Gasteiger partial charge on any atom is 0.311 e. The standard InChI is InChI=1S/C19H16O2/c20-18(21)19-15(11-6-2-1-3-7-11)10-14-12-8-4-5-9-13(12)16(19)17(14)19/h1-9,14-17H,10H2,(H,20,21). The third-order valence-electron chi connectivity index (χ3n) is 6.12.